The molecule has 0 aromatic rings. The molecular weight excluding hydrogens is 208 g/mol. The van der Waals surface area contributed by atoms with Crippen LogP contribution in [-0.2, 0) is 4.79 Å². The molecular formula is C11H20N2O3. The number of rotatable bonds is 6. The van der Waals surface area contributed by atoms with Crippen LogP contribution in [0, 0.1) is 0 Å². The molecule has 0 aliphatic heterocycles. The quantitative estimate of drug-likeness (QED) is 0.722. The highest BCUT2D eigenvalue weighted by Crippen LogP contribution is 2.27. The summed E-state index contributed by atoms with van der Waals surface area (Å²) in [6.45, 7) is 4.26. The molecule has 0 spiro atoms. The molecule has 0 bridgehead atoms. The number of nitrogens with zero attached hydrogens (tertiary/aromatic N) is 1. The van der Waals surface area contributed by atoms with Crippen molar-refractivity contribution in [1.82, 2.24) is 10.2 Å². The average molecular weight is 228 g/mol. The van der Waals surface area contributed by atoms with E-state index in [-0.39, 0.29) is 24.5 Å². The van der Waals surface area contributed by atoms with Crippen LogP contribution in [0.15, 0.2) is 0 Å². The second kappa shape index (κ2) is 5.72. The van der Waals surface area contributed by atoms with E-state index in [4.69, 9.17) is 5.11 Å². The molecule has 2 amide bonds. The molecule has 1 saturated carbocycles. The number of aliphatic carboxylic acids is 1. The molecule has 5 nitrogen and oxygen atoms in total. The smallest absolute Gasteiger partial charge is 0.317 e. The van der Waals surface area contributed by atoms with Crippen molar-refractivity contribution in [2.24, 2.45) is 0 Å². The standard InChI is InChI=1S/C11H20N2O3/c1-3-8(2)12-11(16)13(9-4-5-9)7-6-10(14)15/h8-9H,3-7H2,1-2H3,(H,12,16)(H,14,15). The van der Waals surface area contributed by atoms with Gasteiger partial charge in [-0.1, -0.05) is 6.92 Å². The predicted octanol–water partition coefficient (Wildman–Crippen LogP) is 1.43. The maximum Gasteiger partial charge on any atom is 0.317 e. The first kappa shape index (κ1) is 12.8. The van der Waals surface area contributed by atoms with Gasteiger partial charge in [0.25, 0.3) is 0 Å². The fraction of sp³-hybridized carbons (Fsp3) is 0.818. The summed E-state index contributed by atoms with van der Waals surface area (Å²) in [5, 5.41) is 11.5. The van der Waals surface area contributed by atoms with E-state index >= 15 is 0 Å². The second-order valence-electron chi connectivity index (χ2n) is 4.33. The van der Waals surface area contributed by atoms with Crippen molar-refractivity contribution in [3.63, 3.8) is 0 Å². The lowest BCUT2D eigenvalue weighted by Crippen LogP contribution is -2.45. The monoisotopic (exact) mass is 228 g/mol. The molecule has 2 N–H and O–H groups in total. The van der Waals surface area contributed by atoms with Crippen molar-refractivity contribution in [3.05, 3.63) is 0 Å². The van der Waals surface area contributed by atoms with E-state index in [2.05, 4.69) is 5.32 Å². The van der Waals surface area contributed by atoms with Crippen LogP contribution in [0.1, 0.15) is 39.5 Å². The van der Waals surface area contributed by atoms with E-state index in [1.807, 2.05) is 13.8 Å². The average Bonchev–Trinajstić information content (AvgIpc) is 3.01. The Hall–Kier alpha value is -1.26. The number of hydrogen-bond donors (Lipinski definition) is 2. The SMILES string of the molecule is CCC(C)NC(=O)N(CCC(=O)O)C1CC1. The van der Waals surface area contributed by atoms with Gasteiger partial charge in [0, 0.05) is 18.6 Å². The minimum Gasteiger partial charge on any atom is -0.481 e. The van der Waals surface area contributed by atoms with Crippen molar-refractivity contribution >= 4 is 12.0 Å². The first-order chi connectivity index (χ1) is 7.54. The van der Waals surface area contributed by atoms with Crippen molar-refractivity contribution < 1.29 is 14.7 Å². The summed E-state index contributed by atoms with van der Waals surface area (Å²) in [5.41, 5.74) is 0. The van der Waals surface area contributed by atoms with Crippen molar-refractivity contribution in [2.75, 3.05) is 6.54 Å². The largest absolute Gasteiger partial charge is 0.481 e. The third-order valence-corrected chi connectivity index (χ3v) is 2.80. The fourth-order valence-electron chi connectivity index (χ4n) is 1.45. The highest BCUT2D eigenvalue weighted by Gasteiger charge is 2.32. The van der Waals surface area contributed by atoms with Crippen molar-refractivity contribution in [2.45, 2.75) is 51.6 Å². The topological polar surface area (TPSA) is 69.6 Å². The number of amides is 2. The Morgan fingerprint density at radius 2 is 2.12 bits per heavy atom. The Morgan fingerprint density at radius 3 is 2.56 bits per heavy atom. The van der Waals surface area contributed by atoms with E-state index in [9.17, 15) is 9.59 Å². The van der Waals surface area contributed by atoms with Crippen LogP contribution in [0.5, 0.6) is 0 Å². The molecule has 0 radical (unpaired) electrons. The third-order valence-electron chi connectivity index (χ3n) is 2.80. The van der Waals surface area contributed by atoms with Crippen LogP contribution >= 0.6 is 0 Å². The second-order valence-corrected chi connectivity index (χ2v) is 4.33. The molecule has 0 heterocycles. The van der Waals surface area contributed by atoms with E-state index in [0.29, 0.717) is 6.54 Å². The number of urea groups is 1. The highest BCUT2D eigenvalue weighted by atomic mass is 16.4. The van der Waals surface area contributed by atoms with Crippen LogP contribution < -0.4 is 5.32 Å². The van der Waals surface area contributed by atoms with Crippen LogP contribution in [0.2, 0.25) is 0 Å². The number of carboxylic acid groups (broad SMARTS) is 1. The third kappa shape index (κ3) is 4.08. The molecule has 1 fully saturated rings. The van der Waals surface area contributed by atoms with Gasteiger partial charge in [-0.3, -0.25) is 4.79 Å². The molecule has 1 atom stereocenters. The maximum absolute atomic E-state index is 11.8. The number of nitrogens with one attached hydrogen (secondary N) is 1. The highest BCUT2D eigenvalue weighted by molar-refractivity contribution is 5.76. The summed E-state index contributed by atoms with van der Waals surface area (Å²) in [5.74, 6) is -0.859. The minimum absolute atomic E-state index is 0.0183. The first-order valence-electron chi connectivity index (χ1n) is 5.83. The summed E-state index contributed by atoms with van der Waals surface area (Å²) in [6, 6.07) is 0.264. The van der Waals surface area contributed by atoms with Crippen LogP contribution in [-0.4, -0.2) is 40.6 Å². The maximum atomic E-state index is 11.8. The zero-order chi connectivity index (χ0) is 12.1. The first-order valence-corrected chi connectivity index (χ1v) is 5.83. The van der Waals surface area contributed by atoms with Crippen LogP contribution in [0.25, 0.3) is 0 Å². The van der Waals surface area contributed by atoms with Gasteiger partial charge in [0.05, 0.1) is 6.42 Å². The zero-order valence-corrected chi connectivity index (χ0v) is 9.90. The Labute approximate surface area is 95.8 Å². The molecule has 1 unspecified atom stereocenters. The van der Waals surface area contributed by atoms with Crippen LogP contribution in [0.4, 0.5) is 4.79 Å². The number of carboxylic acids is 1. The lowest BCUT2D eigenvalue weighted by molar-refractivity contribution is -0.137. The van der Waals surface area contributed by atoms with Gasteiger partial charge in [-0.25, -0.2) is 4.79 Å². The van der Waals surface area contributed by atoms with E-state index < -0.39 is 5.97 Å². The Morgan fingerprint density at radius 1 is 1.50 bits per heavy atom. The molecule has 1 aliphatic carbocycles. The normalized spacial score (nSPS) is 16.6. The van der Waals surface area contributed by atoms with Gasteiger partial charge in [0.1, 0.15) is 0 Å². The molecule has 92 valence electrons. The Kier molecular flexibility index (Phi) is 4.58. The van der Waals surface area contributed by atoms with Gasteiger partial charge >= 0.3 is 12.0 Å². The molecule has 1 rings (SSSR count). The van der Waals surface area contributed by atoms with E-state index in [1.165, 1.54) is 0 Å². The molecule has 0 saturated heterocycles. The molecule has 5 heteroatoms. The van der Waals surface area contributed by atoms with Crippen molar-refractivity contribution in [1.29, 1.82) is 0 Å². The summed E-state index contributed by atoms with van der Waals surface area (Å²) in [4.78, 5) is 24.0. The van der Waals surface area contributed by atoms with Gasteiger partial charge in [0.15, 0.2) is 0 Å². The summed E-state index contributed by atoms with van der Waals surface area (Å²) in [6.07, 6.45) is 2.88. The lowest BCUT2D eigenvalue weighted by Gasteiger charge is -2.24. The zero-order valence-electron chi connectivity index (χ0n) is 9.90. The Bertz CT molecular complexity index is 264. The van der Waals surface area contributed by atoms with Gasteiger partial charge in [-0.2, -0.15) is 0 Å². The number of carbonyl (C=O) groups excluding carboxylic acids is 1. The summed E-state index contributed by atoms with van der Waals surface area (Å²) < 4.78 is 0. The van der Waals surface area contributed by atoms with Gasteiger partial charge < -0.3 is 15.3 Å². The molecule has 1 aliphatic rings. The summed E-state index contributed by atoms with van der Waals surface area (Å²) in [7, 11) is 0. The minimum atomic E-state index is -0.859. The van der Waals surface area contributed by atoms with E-state index in [0.717, 1.165) is 19.3 Å². The molecule has 16 heavy (non-hydrogen) atoms. The van der Waals surface area contributed by atoms with Crippen LogP contribution in [0.3, 0.4) is 0 Å². The molecule has 0 aromatic carbocycles. The number of hydrogen-bond acceptors (Lipinski definition) is 2. The van der Waals surface area contributed by atoms with Gasteiger partial charge in [0.2, 0.25) is 0 Å². The predicted molar refractivity (Wildman–Crippen MR) is 60.3 cm³/mol. The lowest BCUT2D eigenvalue weighted by atomic mass is 10.3. The van der Waals surface area contributed by atoms with Gasteiger partial charge in [-0.05, 0) is 26.2 Å². The summed E-state index contributed by atoms with van der Waals surface area (Å²) >= 11 is 0. The van der Waals surface area contributed by atoms with E-state index in [1.54, 1.807) is 4.90 Å². The Balaban J connectivity index is 2.42. The van der Waals surface area contributed by atoms with Gasteiger partial charge in [-0.15, -0.1) is 0 Å². The molecule has 0 aromatic heterocycles. The number of carbonyl (C=O) groups is 2. The van der Waals surface area contributed by atoms with Crippen molar-refractivity contribution in [3.8, 4) is 0 Å². The fourth-order valence-corrected chi connectivity index (χ4v) is 1.45.